The molecule has 0 bridgehead atoms. The molecule has 2 rings (SSSR count). The normalized spacial score (nSPS) is 29.2. The van der Waals surface area contributed by atoms with Crippen molar-refractivity contribution in [3.05, 3.63) is 11.6 Å². The molecule has 1 aliphatic rings. The fourth-order valence-corrected chi connectivity index (χ4v) is 2.71. The van der Waals surface area contributed by atoms with Gasteiger partial charge in [-0.25, -0.2) is 4.98 Å². The van der Waals surface area contributed by atoms with Crippen molar-refractivity contribution in [2.45, 2.75) is 18.2 Å². The van der Waals surface area contributed by atoms with Crippen molar-refractivity contribution in [2.75, 3.05) is 18.0 Å². The van der Waals surface area contributed by atoms with Gasteiger partial charge < -0.3 is 4.90 Å². The van der Waals surface area contributed by atoms with Crippen LogP contribution in [0.3, 0.4) is 0 Å². The maximum Gasteiger partial charge on any atom is 0.185 e. The van der Waals surface area contributed by atoms with Crippen molar-refractivity contribution in [3.8, 4) is 0 Å². The Labute approximate surface area is 91.1 Å². The molecule has 1 fully saturated rings. The van der Waals surface area contributed by atoms with Gasteiger partial charge >= 0.3 is 0 Å². The average Bonchev–Trinajstić information content (AvgIpc) is 2.62. The van der Waals surface area contributed by atoms with E-state index in [1.54, 1.807) is 11.3 Å². The molecule has 0 saturated carbocycles. The van der Waals surface area contributed by atoms with Crippen LogP contribution >= 0.6 is 27.3 Å². The van der Waals surface area contributed by atoms with Crippen LogP contribution in [0.2, 0.25) is 0 Å². The summed E-state index contributed by atoms with van der Waals surface area (Å²) in [5.74, 6) is 0.720. The third-order valence-electron chi connectivity index (χ3n) is 2.49. The second-order valence-corrected chi connectivity index (χ2v) is 5.59. The van der Waals surface area contributed by atoms with Crippen LogP contribution in [0.5, 0.6) is 0 Å². The number of piperidine rings is 1. The number of hydrogen-bond acceptors (Lipinski definition) is 3. The van der Waals surface area contributed by atoms with Crippen LogP contribution in [0.1, 0.15) is 13.3 Å². The first-order chi connectivity index (χ1) is 6.27. The Morgan fingerprint density at radius 3 is 3.15 bits per heavy atom. The Hall–Kier alpha value is -0.0900. The van der Waals surface area contributed by atoms with E-state index < -0.39 is 0 Å². The van der Waals surface area contributed by atoms with Crippen LogP contribution < -0.4 is 4.90 Å². The van der Waals surface area contributed by atoms with E-state index in [2.05, 4.69) is 32.7 Å². The zero-order valence-corrected chi connectivity index (χ0v) is 10.0. The van der Waals surface area contributed by atoms with Gasteiger partial charge in [0.05, 0.1) is 0 Å². The van der Waals surface area contributed by atoms with E-state index in [-0.39, 0.29) is 0 Å². The number of alkyl halides is 1. The van der Waals surface area contributed by atoms with Crippen LogP contribution in [-0.4, -0.2) is 22.9 Å². The van der Waals surface area contributed by atoms with Gasteiger partial charge in [0.2, 0.25) is 0 Å². The highest BCUT2D eigenvalue weighted by Crippen LogP contribution is 2.28. The maximum atomic E-state index is 4.33. The molecule has 1 aliphatic heterocycles. The maximum absolute atomic E-state index is 4.33. The molecule has 0 radical (unpaired) electrons. The summed E-state index contributed by atoms with van der Waals surface area (Å²) >= 11 is 5.43. The van der Waals surface area contributed by atoms with E-state index >= 15 is 0 Å². The number of anilines is 1. The standard InChI is InChI=1S/C9H13BrN2S/c1-7-6-12(4-2-8(7)10)9-11-3-5-13-9/h3,5,7-8H,2,4,6H2,1H3. The van der Waals surface area contributed by atoms with Gasteiger partial charge in [0.1, 0.15) is 0 Å². The lowest BCUT2D eigenvalue weighted by Gasteiger charge is -2.34. The molecule has 0 amide bonds. The van der Waals surface area contributed by atoms with Gasteiger partial charge in [-0.2, -0.15) is 0 Å². The van der Waals surface area contributed by atoms with Crippen molar-refractivity contribution in [1.82, 2.24) is 4.98 Å². The summed E-state index contributed by atoms with van der Waals surface area (Å²) in [5.41, 5.74) is 0. The molecule has 0 N–H and O–H groups in total. The van der Waals surface area contributed by atoms with E-state index in [9.17, 15) is 0 Å². The number of nitrogens with zero attached hydrogens (tertiary/aromatic N) is 2. The lowest BCUT2D eigenvalue weighted by molar-refractivity contribution is 0.466. The molecule has 1 aromatic heterocycles. The molecule has 4 heteroatoms. The third kappa shape index (κ3) is 2.05. The second-order valence-electron chi connectivity index (χ2n) is 3.54. The first-order valence-corrected chi connectivity index (χ1v) is 6.35. The van der Waals surface area contributed by atoms with Crippen molar-refractivity contribution >= 4 is 32.4 Å². The quantitative estimate of drug-likeness (QED) is 0.723. The summed E-state index contributed by atoms with van der Waals surface area (Å²) in [4.78, 5) is 7.39. The summed E-state index contributed by atoms with van der Waals surface area (Å²) in [5, 5.41) is 3.21. The van der Waals surface area contributed by atoms with E-state index in [0.717, 1.165) is 19.0 Å². The Balaban J connectivity index is 2.03. The highest BCUT2D eigenvalue weighted by molar-refractivity contribution is 9.09. The molecule has 2 unspecified atom stereocenters. The molecule has 0 spiro atoms. The highest BCUT2D eigenvalue weighted by Gasteiger charge is 2.24. The third-order valence-corrected chi connectivity index (χ3v) is 4.68. The van der Waals surface area contributed by atoms with Crippen LogP contribution in [0.4, 0.5) is 5.13 Å². The topological polar surface area (TPSA) is 16.1 Å². The van der Waals surface area contributed by atoms with E-state index in [4.69, 9.17) is 0 Å². The first kappa shape index (κ1) is 9.46. The molecular weight excluding hydrogens is 248 g/mol. The minimum Gasteiger partial charge on any atom is -0.348 e. The first-order valence-electron chi connectivity index (χ1n) is 4.56. The molecule has 72 valence electrons. The number of aromatic nitrogens is 1. The summed E-state index contributed by atoms with van der Waals surface area (Å²) < 4.78 is 0. The fraction of sp³-hybridized carbons (Fsp3) is 0.667. The molecule has 13 heavy (non-hydrogen) atoms. The SMILES string of the molecule is CC1CN(c2nccs2)CCC1Br. The monoisotopic (exact) mass is 260 g/mol. The Morgan fingerprint density at radius 1 is 1.69 bits per heavy atom. The molecule has 1 aromatic rings. The van der Waals surface area contributed by atoms with Crippen LogP contribution in [0.15, 0.2) is 11.6 Å². The summed E-state index contributed by atoms with van der Waals surface area (Å²) in [6.07, 6.45) is 3.10. The molecule has 0 aliphatic carbocycles. The van der Waals surface area contributed by atoms with Crippen LogP contribution in [-0.2, 0) is 0 Å². The molecule has 0 aromatic carbocycles. The minimum atomic E-state index is 0.684. The lowest BCUT2D eigenvalue weighted by atomic mass is 10.0. The largest absolute Gasteiger partial charge is 0.348 e. The summed E-state index contributed by atoms with van der Waals surface area (Å²) in [6.45, 7) is 4.55. The molecule has 2 heterocycles. The van der Waals surface area contributed by atoms with Crippen molar-refractivity contribution in [3.63, 3.8) is 0 Å². The number of thiazole rings is 1. The lowest BCUT2D eigenvalue weighted by Crippen LogP contribution is -2.39. The van der Waals surface area contributed by atoms with E-state index in [1.165, 1.54) is 11.6 Å². The van der Waals surface area contributed by atoms with E-state index in [1.807, 2.05) is 11.6 Å². The highest BCUT2D eigenvalue weighted by atomic mass is 79.9. The minimum absolute atomic E-state index is 0.684. The predicted molar refractivity (Wildman–Crippen MR) is 60.8 cm³/mol. The van der Waals surface area contributed by atoms with Crippen molar-refractivity contribution in [1.29, 1.82) is 0 Å². The van der Waals surface area contributed by atoms with Crippen LogP contribution in [0, 0.1) is 5.92 Å². The van der Waals surface area contributed by atoms with Gasteiger partial charge in [-0.05, 0) is 12.3 Å². The molecular formula is C9H13BrN2S. The zero-order valence-electron chi connectivity index (χ0n) is 7.61. The van der Waals surface area contributed by atoms with Crippen molar-refractivity contribution in [2.24, 2.45) is 5.92 Å². The Kier molecular flexibility index (Phi) is 2.89. The van der Waals surface area contributed by atoms with E-state index in [0.29, 0.717) is 4.83 Å². The second kappa shape index (κ2) is 3.96. The van der Waals surface area contributed by atoms with Gasteiger partial charge in [0.15, 0.2) is 5.13 Å². The number of rotatable bonds is 1. The van der Waals surface area contributed by atoms with Gasteiger partial charge in [-0.3, -0.25) is 0 Å². The van der Waals surface area contributed by atoms with Crippen molar-refractivity contribution < 1.29 is 0 Å². The summed E-state index contributed by atoms with van der Waals surface area (Å²) in [7, 11) is 0. The zero-order chi connectivity index (χ0) is 9.26. The average molecular weight is 261 g/mol. The summed E-state index contributed by atoms with van der Waals surface area (Å²) in [6, 6.07) is 0. The van der Waals surface area contributed by atoms with Gasteiger partial charge in [-0.1, -0.05) is 22.9 Å². The molecule has 2 atom stereocenters. The van der Waals surface area contributed by atoms with Gasteiger partial charge in [-0.15, -0.1) is 11.3 Å². The Bertz CT molecular complexity index is 263. The number of hydrogen-bond donors (Lipinski definition) is 0. The Morgan fingerprint density at radius 2 is 2.54 bits per heavy atom. The van der Waals surface area contributed by atoms with Crippen LogP contribution in [0.25, 0.3) is 0 Å². The molecule has 1 saturated heterocycles. The number of halogens is 1. The molecule has 2 nitrogen and oxygen atoms in total. The predicted octanol–water partition coefficient (Wildman–Crippen LogP) is 2.75. The van der Waals surface area contributed by atoms with Gasteiger partial charge in [0.25, 0.3) is 0 Å². The smallest absolute Gasteiger partial charge is 0.185 e. The van der Waals surface area contributed by atoms with Gasteiger partial charge in [0, 0.05) is 29.5 Å². The fourth-order valence-electron chi connectivity index (χ4n) is 1.66.